The van der Waals surface area contributed by atoms with Gasteiger partial charge in [-0.15, -0.1) is 0 Å². The topological polar surface area (TPSA) is 49.4 Å². The van der Waals surface area contributed by atoms with Crippen LogP contribution in [0.25, 0.3) is 0 Å². The van der Waals surface area contributed by atoms with E-state index in [1.807, 2.05) is 12.1 Å². The monoisotopic (exact) mass is 296 g/mol. The Kier molecular flexibility index (Phi) is 5.05. The molecule has 1 aromatic carbocycles. The van der Waals surface area contributed by atoms with Crippen LogP contribution in [0.5, 0.6) is 0 Å². The van der Waals surface area contributed by atoms with E-state index in [4.69, 9.17) is 0 Å². The van der Waals surface area contributed by atoms with Crippen molar-refractivity contribution >= 4 is 15.5 Å². The van der Waals surface area contributed by atoms with Gasteiger partial charge in [-0.3, -0.25) is 0 Å². The van der Waals surface area contributed by atoms with Gasteiger partial charge < -0.3 is 10.2 Å². The number of anilines is 1. The molecule has 1 unspecified atom stereocenters. The molecule has 4 nitrogen and oxygen atoms in total. The average Bonchev–Trinajstić information content (AvgIpc) is 2.93. The van der Waals surface area contributed by atoms with Crippen LogP contribution < -0.4 is 5.32 Å². The molecule has 0 aromatic heterocycles. The average molecular weight is 296 g/mol. The Balaban J connectivity index is 2.04. The fourth-order valence-electron chi connectivity index (χ4n) is 2.66. The van der Waals surface area contributed by atoms with Gasteiger partial charge in [0.2, 0.25) is 0 Å². The fraction of sp³-hybridized carbons (Fsp3) is 0.600. The fourth-order valence-corrected chi connectivity index (χ4v) is 3.73. The number of para-hydroxylation sites is 1. The van der Waals surface area contributed by atoms with Crippen LogP contribution in [0.2, 0.25) is 0 Å². The van der Waals surface area contributed by atoms with Gasteiger partial charge in [0.05, 0.1) is 16.3 Å². The molecular formula is C15H24N2O2S. The summed E-state index contributed by atoms with van der Waals surface area (Å²) in [5, 5.41) is 3.33. The number of hydrogen-bond acceptors (Lipinski definition) is 4. The highest BCUT2D eigenvalue weighted by Gasteiger charge is 2.22. The van der Waals surface area contributed by atoms with E-state index in [-0.39, 0.29) is 5.75 Å². The van der Waals surface area contributed by atoms with Crippen molar-refractivity contribution in [2.45, 2.75) is 25.2 Å². The van der Waals surface area contributed by atoms with Crippen molar-refractivity contribution in [3.05, 3.63) is 24.3 Å². The smallest absolute Gasteiger partial charge is 0.180 e. The van der Waals surface area contributed by atoms with Gasteiger partial charge in [0.15, 0.2) is 9.84 Å². The zero-order valence-electron chi connectivity index (χ0n) is 12.3. The van der Waals surface area contributed by atoms with Gasteiger partial charge in [-0.05, 0) is 37.6 Å². The highest BCUT2D eigenvalue weighted by molar-refractivity contribution is 7.91. The van der Waals surface area contributed by atoms with Crippen molar-refractivity contribution in [3.63, 3.8) is 0 Å². The van der Waals surface area contributed by atoms with Gasteiger partial charge in [-0.2, -0.15) is 0 Å². The van der Waals surface area contributed by atoms with E-state index >= 15 is 0 Å². The van der Waals surface area contributed by atoms with Crippen molar-refractivity contribution in [3.8, 4) is 0 Å². The zero-order valence-corrected chi connectivity index (χ0v) is 13.1. The molecule has 1 saturated heterocycles. The summed E-state index contributed by atoms with van der Waals surface area (Å²) in [5.41, 5.74) is 0.740. The van der Waals surface area contributed by atoms with Crippen molar-refractivity contribution in [2.24, 2.45) is 5.92 Å². The van der Waals surface area contributed by atoms with Crippen molar-refractivity contribution in [1.29, 1.82) is 0 Å². The Morgan fingerprint density at radius 1 is 1.30 bits per heavy atom. The summed E-state index contributed by atoms with van der Waals surface area (Å²) in [6, 6.07) is 7.20. The predicted molar refractivity (Wildman–Crippen MR) is 82.9 cm³/mol. The maximum absolute atomic E-state index is 12.1. The first-order valence-electron chi connectivity index (χ1n) is 7.34. The van der Waals surface area contributed by atoms with Gasteiger partial charge in [0.25, 0.3) is 0 Å². The lowest BCUT2D eigenvalue weighted by atomic mass is 10.1. The molecule has 1 fully saturated rings. The number of rotatable bonds is 6. The van der Waals surface area contributed by atoms with Crippen LogP contribution in [0.1, 0.15) is 20.3 Å². The van der Waals surface area contributed by atoms with Crippen LogP contribution in [-0.4, -0.2) is 45.2 Å². The molecule has 1 aromatic rings. The third kappa shape index (κ3) is 3.52. The SMILES string of the molecule is CCN1CCC(CNc2ccccc2S(=O)(=O)CC)C1. The van der Waals surface area contributed by atoms with Gasteiger partial charge >= 0.3 is 0 Å². The Morgan fingerprint density at radius 3 is 2.70 bits per heavy atom. The Morgan fingerprint density at radius 2 is 2.05 bits per heavy atom. The summed E-state index contributed by atoms with van der Waals surface area (Å²) < 4.78 is 24.1. The molecule has 0 radical (unpaired) electrons. The second-order valence-electron chi connectivity index (χ2n) is 5.33. The Hall–Kier alpha value is -1.07. The summed E-state index contributed by atoms with van der Waals surface area (Å²) in [6.45, 7) is 8.05. The molecule has 20 heavy (non-hydrogen) atoms. The minimum absolute atomic E-state index is 0.138. The molecule has 0 aliphatic carbocycles. The quantitative estimate of drug-likeness (QED) is 0.874. The molecule has 0 spiro atoms. The zero-order chi connectivity index (χ0) is 14.6. The van der Waals surface area contributed by atoms with Gasteiger partial charge in [0.1, 0.15) is 0 Å². The first kappa shape index (κ1) is 15.3. The summed E-state index contributed by atoms with van der Waals surface area (Å²) in [7, 11) is -3.16. The number of sulfone groups is 1. The molecule has 1 atom stereocenters. The van der Waals surface area contributed by atoms with Gasteiger partial charge in [0, 0.05) is 13.1 Å². The number of hydrogen-bond donors (Lipinski definition) is 1. The Bertz CT molecular complexity index is 543. The summed E-state index contributed by atoms with van der Waals surface area (Å²) >= 11 is 0. The largest absolute Gasteiger partial charge is 0.384 e. The van der Waals surface area contributed by atoms with Crippen LogP contribution >= 0.6 is 0 Å². The standard InChI is InChI=1S/C15H24N2O2S/c1-3-17-10-9-13(12-17)11-16-14-7-5-6-8-15(14)20(18,19)4-2/h5-8,13,16H,3-4,9-12H2,1-2H3. The lowest BCUT2D eigenvalue weighted by molar-refractivity contribution is 0.345. The van der Waals surface area contributed by atoms with E-state index in [1.54, 1.807) is 19.1 Å². The molecule has 5 heteroatoms. The van der Waals surface area contributed by atoms with Gasteiger partial charge in [-0.1, -0.05) is 26.0 Å². The maximum atomic E-state index is 12.1. The Labute approximate surface area is 122 Å². The second kappa shape index (κ2) is 6.59. The summed E-state index contributed by atoms with van der Waals surface area (Å²) in [5.74, 6) is 0.742. The number of nitrogens with zero attached hydrogens (tertiary/aromatic N) is 1. The third-order valence-corrected chi connectivity index (χ3v) is 5.79. The summed E-state index contributed by atoms with van der Waals surface area (Å²) in [6.07, 6.45) is 1.18. The summed E-state index contributed by atoms with van der Waals surface area (Å²) in [4.78, 5) is 2.86. The molecule has 1 heterocycles. The first-order valence-corrected chi connectivity index (χ1v) is 9.00. The van der Waals surface area contributed by atoms with E-state index in [0.29, 0.717) is 10.8 Å². The molecule has 2 rings (SSSR count). The van der Waals surface area contributed by atoms with Crippen LogP contribution in [0.15, 0.2) is 29.2 Å². The molecule has 1 N–H and O–H groups in total. The van der Waals surface area contributed by atoms with Crippen LogP contribution in [0, 0.1) is 5.92 Å². The molecule has 1 aliphatic rings. The minimum Gasteiger partial charge on any atom is -0.384 e. The van der Waals surface area contributed by atoms with E-state index in [0.717, 1.165) is 31.9 Å². The predicted octanol–water partition coefficient (Wildman–Crippen LogP) is 2.23. The number of nitrogens with one attached hydrogen (secondary N) is 1. The number of benzene rings is 1. The van der Waals surface area contributed by atoms with Crippen molar-refractivity contribution in [1.82, 2.24) is 4.90 Å². The highest BCUT2D eigenvalue weighted by Crippen LogP contribution is 2.23. The molecular weight excluding hydrogens is 272 g/mol. The van der Waals surface area contributed by atoms with Crippen molar-refractivity contribution in [2.75, 3.05) is 37.2 Å². The highest BCUT2D eigenvalue weighted by atomic mass is 32.2. The third-order valence-electron chi connectivity index (χ3n) is 4.00. The van der Waals surface area contributed by atoms with E-state index in [9.17, 15) is 8.42 Å². The second-order valence-corrected chi connectivity index (χ2v) is 7.58. The molecule has 0 amide bonds. The lowest BCUT2D eigenvalue weighted by Gasteiger charge is -2.16. The molecule has 112 valence electrons. The maximum Gasteiger partial charge on any atom is 0.180 e. The van der Waals surface area contributed by atoms with Crippen LogP contribution in [0.4, 0.5) is 5.69 Å². The molecule has 0 bridgehead atoms. The van der Waals surface area contributed by atoms with Crippen LogP contribution in [-0.2, 0) is 9.84 Å². The lowest BCUT2D eigenvalue weighted by Crippen LogP contribution is -2.23. The van der Waals surface area contributed by atoms with E-state index < -0.39 is 9.84 Å². The normalized spacial score (nSPS) is 20.2. The van der Waals surface area contributed by atoms with E-state index in [1.165, 1.54) is 6.42 Å². The van der Waals surface area contributed by atoms with Crippen molar-refractivity contribution < 1.29 is 8.42 Å². The van der Waals surface area contributed by atoms with E-state index in [2.05, 4.69) is 17.1 Å². The van der Waals surface area contributed by atoms with Crippen LogP contribution in [0.3, 0.4) is 0 Å². The molecule has 0 saturated carbocycles. The first-order chi connectivity index (χ1) is 9.56. The molecule has 1 aliphatic heterocycles. The van der Waals surface area contributed by atoms with Gasteiger partial charge in [-0.25, -0.2) is 8.42 Å². The number of likely N-dealkylation sites (tertiary alicyclic amines) is 1. The minimum atomic E-state index is -3.16.